The van der Waals surface area contributed by atoms with E-state index in [1.54, 1.807) is 20.8 Å². The number of hydrogen-bond donors (Lipinski definition) is 0. The van der Waals surface area contributed by atoms with Crippen molar-refractivity contribution in [3.63, 3.8) is 0 Å². The Morgan fingerprint density at radius 2 is 0.816 bits per heavy atom. The minimum Gasteiger partial charge on any atom is -0.490 e. The van der Waals surface area contributed by atoms with Crippen LogP contribution in [0.5, 0.6) is 34.5 Å². The van der Waals surface area contributed by atoms with Gasteiger partial charge in [-0.3, -0.25) is 14.4 Å². The Kier molecular flexibility index (Phi) is 9.90. The molecule has 0 unspecified atom stereocenters. The van der Waals surface area contributed by atoms with Gasteiger partial charge in [-0.1, -0.05) is 0 Å². The number of phosphoric acid groups is 1. The third-order valence-electron chi connectivity index (χ3n) is 4.84. The third-order valence-corrected chi connectivity index (χ3v) is 6.10. The van der Waals surface area contributed by atoms with E-state index >= 15 is 0 Å². The van der Waals surface area contributed by atoms with E-state index in [0.717, 1.165) is 0 Å². The molecule has 0 amide bonds. The largest absolute Gasteiger partial charge is 0.647 e. The van der Waals surface area contributed by atoms with Gasteiger partial charge in [0.05, 0.1) is 19.8 Å². The van der Waals surface area contributed by atoms with Crippen molar-refractivity contribution in [2.45, 2.75) is 20.8 Å². The lowest BCUT2D eigenvalue weighted by Gasteiger charge is -2.23. The second kappa shape index (κ2) is 13.3. The summed E-state index contributed by atoms with van der Waals surface area (Å²) in [4.78, 5) is 33.8. The van der Waals surface area contributed by atoms with Gasteiger partial charge in [-0.25, -0.2) is 0 Å². The van der Waals surface area contributed by atoms with Crippen LogP contribution in [-0.2, 0) is 4.57 Å². The fraction of sp³-hybridized carbons (Fsp3) is 0.222. The number of benzene rings is 3. The maximum atomic E-state index is 14.2. The predicted molar refractivity (Wildman–Crippen MR) is 138 cm³/mol. The van der Waals surface area contributed by atoms with Crippen LogP contribution in [0.3, 0.4) is 0 Å². The topological polar surface area (TPSA) is 124 Å². The van der Waals surface area contributed by atoms with Gasteiger partial charge in [0.1, 0.15) is 18.9 Å². The Morgan fingerprint density at radius 3 is 1.05 bits per heavy atom. The zero-order valence-electron chi connectivity index (χ0n) is 21.1. The minimum atomic E-state index is -4.61. The Hall–Kier alpha value is -4.30. The number of hydrogen-bond acceptors (Lipinski definition) is 10. The van der Waals surface area contributed by atoms with Crippen molar-refractivity contribution in [2.75, 3.05) is 19.8 Å². The lowest BCUT2D eigenvalue weighted by molar-refractivity contribution is 0.111. The molecule has 0 saturated heterocycles. The van der Waals surface area contributed by atoms with Crippen molar-refractivity contribution < 1.29 is 46.7 Å². The van der Waals surface area contributed by atoms with Crippen LogP contribution in [0.15, 0.2) is 54.6 Å². The van der Waals surface area contributed by atoms with E-state index in [4.69, 9.17) is 27.8 Å². The Bertz CT molecular complexity index is 1180. The van der Waals surface area contributed by atoms with Crippen molar-refractivity contribution in [2.24, 2.45) is 0 Å². The van der Waals surface area contributed by atoms with Crippen molar-refractivity contribution in [1.82, 2.24) is 0 Å². The van der Waals surface area contributed by atoms with Crippen LogP contribution < -0.4 is 27.8 Å². The van der Waals surface area contributed by atoms with E-state index in [1.807, 2.05) is 0 Å². The van der Waals surface area contributed by atoms with E-state index in [1.165, 1.54) is 54.6 Å². The molecule has 0 N–H and O–H groups in total. The fourth-order valence-electron chi connectivity index (χ4n) is 3.24. The Balaban J connectivity index is 2.11. The zero-order valence-corrected chi connectivity index (χ0v) is 22.0. The molecule has 0 aromatic heterocycles. The molecule has 0 aliphatic heterocycles. The summed E-state index contributed by atoms with van der Waals surface area (Å²) >= 11 is 0. The second-order valence-corrected chi connectivity index (χ2v) is 8.93. The molecule has 38 heavy (non-hydrogen) atoms. The number of carbonyl (C=O) groups excluding carboxylic acids is 3. The molecule has 0 aliphatic carbocycles. The highest BCUT2D eigenvalue weighted by Gasteiger charge is 2.37. The van der Waals surface area contributed by atoms with Crippen molar-refractivity contribution in [1.29, 1.82) is 0 Å². The summed E-state index contributed by atoms with van der Waals surface area (Å²) in [7, 11) is -4.61. The summed E-state index contributed by atoms with van der Waals surface area (Å²) in [6, 6.07) is 12.8. The highest BCUT2D eigenvalue weighted by molar-refractivity contribution is 7.49. The molecule has 200 valence electrons. The first-order valence-electron chi connectivity index (χ1n) is 11.7. The molecule has 0 radical (unpaired) electrons. The number of phosphoric ester groups is 1. The van der Waals surface area contributed by atoms with Crippen LogP contribution in [0.2, 0.25) is 0 Å². The molecule has 0 aliphatic rings. The maximum absolute atomic E-state index is 14.2. The third kappa shape index (κ3) is 7.14. The number of ether oxygens (including phenoxy) is 3. The van der Waals surface area contributed by atoms with E-state index < -0.39 is 7.82 Å². The Labute approximate surface area is 220 Å². The molecule has 3 aromatic carbocycles. The summed E-state index contributed by atoms with van der Waals surface area (Å²) in [5.74, 6) is 0.328. The van der Waals surface area contributed by atoms with Crippen molar-refractivity contribution in [3.8, 4) is 34.5 Å². The molecule has 0 atom stereocenters. The van der Waals surface area contributed by atoms with Gasteiger partial charge in [0.25, 0.3) is 0 Å². The summed E-state index contributed by atoms with van der Waals surface area (Å²) in [6.07, 6.45) is 1.89. The highest BCUT2D eigenvalue weighted by atomic mass is 31.2. The lowest BCUT2D eigenvalue weighted by atomic mass is 10.2. The van der Waals surface area contributed by atoms with Gasteiger partial charge in [-0.15, -0.1) is 0 Å². The molecule has 0 fully saturated rings. The summed E-state index contributed by atoms with van der Waals surface area (Å²) in [6.45, 7) is 5.89. The van der Waals surface area contributed by atoms with Gasteiger partial charge >= 0.3 is 7.82 Å². The fourth-order valence-corrected chi connectivity index (χ4v) is 4.53. The highest BCUT2D eigenvalue weighted by Crippen LogP contribution is 2.54. The first-order valence-corrected chi connectivity index (χ1v) is 13.2. The average Bonchev–Trinajstić information content (AvgIpc) is 2.92. The maximum Gasteiger partial charge on any atom is 0.647 e. The smallest absolute Gasteiger partial charge is 0.490 e. The van der Waals surface area contributed by atoms with Crippen LogP contribution in [0.25, 0.3) is 0 Å². The van der Waals surface area contributed by atoms with Crippen LogP contribution >= 0.6 is 7.82 Å². The summed E-state index contributed by atoms with van der Waals surface area (Å²) in [5.41, 5.74) is 0.927. The molecule has 0 saturated carbocycles. The van der Waals surface area contributed by atoms with E-state index in [-0.39, 0.29) is 54.3 Å². The van der Waals surface area contributed by atoms with Gasteiger partial charge in [-0.05, 0) is 75.4 Å². The van der Waals surface area contributed by atoms with Crippen LogP contribution in [0.4, 0.5) is 0 Å². The molecule has 10 nitrogen and oxygen atoms in total. The molecular weight excluding hydrogens is 515 g/mol. The number of rotatable bonds is 15. The van der Waals surface area contributed by atoms with Crippen LogP contribution in [-0.4, -0.2) is 38.7 Å². The molecule has 11 heteroatoms. The average molecular weight is 542 g/mol. The first-order chi connectivity index (χ1) is 18.4. The van der Waals surface area contributed by atoms with Crippen molar-refractivity contribution >= 4 is 26.7 Å². The monoisotopic (exact) mass is 542 g/mol. The van der Waals surface area contributed by atoms with Gasteiger partial charge < -0.3 is 27.8 Å². The first kappa shape index (κ1) is 28.3. The zero-order chi connectivity index (χ0) is 27.5. The number of aldehydes is 3. The van der Waals surface area contributed by atoms with Crippen LogP contribution in [0, 0.1) is 0 Å². The van der Waals surface area contributed by atoms with Gasteiger partial charge in [0.2, 0.25) is 0 Å². The molecule has 0 bridgehead atoms. The van der Waals surface area contributed by atoms with Crippen LogP contribution in [0.1, 0.15) is 51.8 Å². The standard InChI is InChI=1S/C27H27O10P/c1-4-32-25-13-19(16-28)7-10-22(25)35-38(31,36-23-11-8-20(17-29)14-26(23)33-5-2)37-24-12-9-21(18-30)15-27(24)34-6-3/h7-18H,4-6H2,1-3H3. The Morgan fingerprint density at radius 1 is 0.526 bits per heavy atom. The van der Waals surface area contributed by atoms with Crippen molar-refractivity contribution in [3.05, 3.63) is 71.3 Å². The lowest BCUT2D eigenvalue weighted by Crippen LogP contribution is -2.10. The van der Waals surface area contributed by atoms with Gasteiger partial charge in [0.15, 0.2) is 34.5 Å². The normalized spacial score (nSPS) is 10.7. The second-order valence-electron chi connectivity index (χ2n) is 7.49. The quantitative estimate of drug-likeness (QED) is 0.168. The van der Waals surface area contributed by atoms with E-state index in [0.29, 0.717) is 35.5 Å². The predicted octanol–water partition coefficient (Wildman–Crippen LogP) is 5.97. The molecule has 3 rings (SSSR count). The molecular formula is C27H27O10P. The molecule has 0 spiro atoms. The number of carbonyl (C=O) groups is 3. The molecule has 3 aromatic rings. The van der Waals surface area contributed by atoms with Gasteiger partial charge in [0, 0.05) is 16.7 Å². The van der Waals surface area contributed by atoms with E-state index in [2.05, 4.69) is 0 Å². The SMILES string of the molecule is CCOc1cc(C=O)ccc1OP(=O)(Oc1ccc(C=O)cc1OCC)Oc1ccc(C=O)cc1OCC. The molecule has 0 heterocycles. The van der Waals surface area contributed by atoms with E-state index in [9.17, 15) is 18.9 Å². The van der Waals surface area contributed by atoms with Gasteiger partial charge in [-0.2, -0.15) is 4.57 Å². The summed E-state index contributed by atoms with van der Waals surface area (Å²) in [5, 5.41) is 0. The minimum absolute atomic E-state index is 0.0225. The summed E-state index contributed by atoms with van der Waals surface area (Å²) < 4.78 is 48.3.